The second kappa shape index (κ2) is 11.3. The Balaban J connectivity index is 0.00000204. The number of fused-ring (bicyclic) bond motifs is 2. The molecule has 15 heteroatoms. The van der Waals surface area contributed by atoms with E-state index >= 15 is 0 Å². The summed E-state index contributed by atoms with van der Waals surface area (Å²) < 4.78 is 69.1. The average molecular weight is 562 g/mol. The van der Waals surface area contributed by atoms with Crippen LogP contribution in [0.4, 0.5) is 11.4 Å². The third kappa shape index (κ3) is 6.01. The molecule has 4 rings (SSSR count). The molecule has 0 spiro atoms. The van der Waals surface area contributed by atoms with Gasteiger partial charge in [0.1, 0.15) is 20.2 Å². The molecule has 0 aliphatic rings. The fourth-order valence-electron chi connectivity index (χ4n) is 3.31. The van der Waals surface area contributed by atoms with Crippen molar-refractivity contribution in [2.24, 2.45) is 10.2 Å². The topological polar surface area (TPSA) is 215 Å². The van der Waals surface area contributed by atoms with Crippen molar-refractivity contribution in [2.75, 3.05) is 0 Å². The summed E-state index contributed by atoms with van der Waals surface area (Å²) in [5.74, 6) is -1.81. The van der Waals surface area contributed by atoms with Crippen LogP contribution in [0.2, 0.25) is 0 Å². The van der Waals surface area contributed by atoms with E-state index in [0.29, 0.717) is 6.07 Å². The number of benzene rings is 4. The Morgan fingerprint density at radius 1 is 0.714 bits per heavy atom. The SMILES string of the molecule is O=S(=O)([O-])c1cc([O-])c(N=Nc2ccc3cccc(S(=O)(=O)[O-])c3c2[O-])c2ccccc12.[Cr+3].[Na+].[OH-]. The van der Waals surface area contributed by atoms with Gasteiger partial charge in [-0.3, -0.25) is 0 Å². The van der Waals surface area contributed by atoms with Crippen molar-refractivity contribution in [3.63, 3.8) is 0 Å². The van der Waals surface area contributed by atoms with Crippen LogP contribution in [-0.2, 0) is 37.6 Å². The molecule has 0 aliphatic heterocycles. The zero-order chi connectivity index (χ0) is 23.3. The summed E-state index contributed by atoms with van der Waals surface area (Å²) in [7, 11) is -9.89. The minimum Gasteiger partial charge on any atom is -0.871 e. The van der Waals surface area contributed by atoms with Gasteiger partial charge in [0.15, 0.2) is 0 Å². The van der Waals surface area contributed by atoms with Crippen molar-refractivity contribution in [2.45, 2.75) is 9.79 Å². The Morgan fingerprint density at radius 3 is 1.91 bits per heavy atom. The largest absolute Gasteiger partial charge is 3.00 e. The Hall–Kier alpha value is -2.09. The summed E-state index contributed by atoms with van der Waals surface area (Å²) in [5, 5.41) is 32.6. The molecule has 175 valence electrons. The van der Waals surface area contributed by atoms with Gasteiger partial charge in [-0.1, -0.05) is 54.0 Å². The summed E-state index contributed by atoms with van der Waals surface area (Å²) in [6.45, 7) is 0. The minimum absolute atomic E-state index is 0. The average Bonchev–Trinajstić information content (AvgIpc) is 2.72. The molecule has 0 heterocycles. The molecule has 0 saturated heterocycles. The van der Waals surface area contributed by atoms with Gasteiger partial charge in [0, 0.05) is 10.8 Å². The van der Waals surface area contributed by atoms with Gasteiger partial charge in [-0.15, -0.1) is 0 Å². The molecule has 0 aromatic heterocycles. The van der Waals surface area contributed by atoms with E-state index in [1.165, 1.54) is 48.5 Å². The van der Waals surface area contributed by atoms with E-state index in [9.17, 15) is 36.2 Å². The second-order valence-electron chi connectivity index (χ2n) is 6.64. The van der Waals surface area contributed by atoms with E-state index in [2.05, 4.69) is 10.2 Å². The number of hydrogen-bond acceptors (Lipinski definition) is 11. The van der Waals surface area contributed by atoms with Crippen molar-refractivity contribution < 1.29 is 88.5 Å². The maximum absolute atomic E-state index is 12.8. The molecule has 0 unspecified atom stereocenters. The third-order valence-electron chi connectivity index (χ3n) is 4.68. The fourth-order valence-corrected chi connectivity index (χ4v) is 4.71. The number of rotatable bonds is 4. The van der Waals surface area contributed by atoms with Crippen LogP contribution >= 0.6 is 0 Å². The standard InChI is InChI=1S/C20H14N2O8S2.Cr.Na.H2O/c23-15-10-17(32(28,29)30)12-5-1-2-6-13(12)19(15)22-21-14-9-8-11-4-3-7-16(31(25,26)27)18(11)20(14)24;;;/h1-10,23-24H,(H,25,26,27)(H,28,29,30);;;1H2/q;+3;+1;/p-5. The van der Waals surface area contributed by atoms with Crippen molar-refractivity contribution in [3.05, 3.63) is 60.7 Å². The molecule has 11 nitrogen and oxygen atoms in total. The molecule has 1 radical (unpaired) electrons. The first-order chi connectivity index (χ1) is 15.0. The Labute approximate surface area is 232 Å². The maximum Gasteiger partial charge on any atom is 3.00 e. The van der Waals surface area contributed by atoms with E-state index in [0.717, 1.165) is 6.07 Å². The maximum atomic E-state index is 12.8. The minimum atomic E-state index is -4.95. The van der Waals surface area contributed by atoms with Gasteiger partial charge in [0.25, 0.3) is 0 Å². The Morgan fingerprint density at radius 2 is 1.31 bits per heavy atom. The monoisotopic (exact) mass is 562 g/mol. The Bertz CT molecular complexity index is 1660. The van der Waals surface area contributed by atoms with Crippen LogP contribution in [0.3, 0.4) is 0 Å². The van der Waals surface area contributed by atoms with E-state index in [1.54, 1.807) is 0 Å². The van der Waals surface area contributed by atoms with Gasteiger partial charge >= 0.3 is 46.9 Å². The van der Waals surface area contributed by atoms with E-state index in [4.69, 9.17) is 0 Å². The molecule has 0 atom stereocenters. The van der Waals surface area contributed by atoms with Crippen molar-refractivity contribution in [3.8, 4) is 11.5 Å². The molecule has 0 fully saturated rings. The van der Waals surface area contributed by atoms with Gasteiger partial charge < -0.3 is 24.8 Å². The summed E-state index contributed by atoms with van der Waals surface area (Å²) in [6.07, 6.45) is 0. The Kier molecular flexibility index (Phi) is 10.0. The molecule has 35 heavy (non-hydrogen) atoms. The normalized spacial score (nSPS) is 11.6. The van der Waals surface area contributed by atoms with Crippen LogP contribution in [-0.4, -0.2) is 31.4 Å². The number of hydrogen-bond donors (Lipinski definition) is 0. The zero-order valence-electron chi connectivity index (χ0n) is 17.6. The van der Waals surface area contributed by atoms with Crippen LogP contribution in [0, 0.1) is 0 Å². The predicted molar refractivity (Wildman–Crippen MR) is 109 cm³/mol. The van der Waals surface area contributed by atoms with Crippen molar-refractivity contribution in [1.82, 2.24) is 0 Å². The predicted octanol–water partition coefficient (Wildman–Crippen LogP) is -0.811. The summed E-state index contributed by atoms with van der Waals surface area (Å²) in [6, 6.07) is 12.6. The number of azo groups is 1. The second-order valence-corrected chi connectivity index (χ2v) is 9.34. The van der Waals surface area contributed by atoms with Crippen LogP contribution in [0.15, 0.2) is 80.7 Å². The molecule has 1 N–H and O–H groups in total. The van der Waals surface area contributed by atoms with Gasteiger partial charge in [0.05, 0.1) is 21.2 Å². The molecule has 0 bridgehead atoms. The van der Waals surface area contributed by atoms with Gasteiger partial charge in [-0.05, 0) is 29.0 Å². The summed E-state index contributed by atoms with van der Waals surface area (Å²) >= 11 is 0. The van der Waals surface area contributed by atoms with Crippen molar-refractivity contribution in [1.29, 1.82) is 0 Å². The first kappa shape index (κ1) is 30.9. The first-order valence-electron chi connectivity index (χ1n) is 8.77. The van der Waals surface area contributed by atoms with Crippen LogP contribution in [0.25, 0.3) is 21.5 Å². The summed E-state index contributed by atoms with van der Waals surface area (Å²) in [4.78, 5) is -1.42. The zero-order valence-corrected chi connectivity index (χ0v) is 22.5. The van der Waals surface area contributed by atoms with Crippen LogP contribution in [0.5, 0.6) is 11.5 Å². The molecule has 4 aromatic carbocycles. The van der Waals surface area contributed by atoms with Crippen molar-refractivity contribution >= 4 is 53.2 Å². The molecule has 0 aliphatic carbocycles. The molecular weight excluding hydrogens is 551 g/mol. The van der Waals surface area contributed by atoms with Gasteiger partial charge in [-0.25, -0.2) is 16.8 Å². The van der Waals surface area contributed by atoms with Gasteiger partial charge in [0.2, 0.25) is 0 Å². The molecule has 0 amide bonds. The first-order valence-corrected chi connectivity index (χ1v) is 11.6. The van der Waals surface area contributed by atoms with Crippen LogP contribution < -0.4 is 39.8 Å². The molecule has 0 saturated carbocycles. The third-order valence-corrected chi connectivity index (χ3v) is 6.43. The fraction of sp³-hybridized carbons (Fsp3) is 0. The smallest absolute Gasteiger partial charge is 0.871 e. The molecular formula is C20H11CrN2NaO9S2-. The molecule has 4 aromatic rings. The number of nitrogens with zero attached hydrogens (tertiary/aromatic N) is 2. The van der Waals surface area contributed by atoms with E-state index in [1.807, 2.05) is 0 Å². The van der Waals surface area contributed by atoms with Crippen LogP contribution in [0.1, 0.15) is 0 Å². The summed E-state index contributed by atoms with van der Waals surface area (Å²) in [5.41, 5.74) is -0.671. The van der Waals surface area contributed by atoms with Gasteiger partial charge in [-0.2, -0.15) is 10.2 Å². The van der Waals surface area contributed by atoms with E-state index < -0.39 is 41.5 Å². The quantitative estimate of drug-likeness (QED) is 0.172. The van der Waals surface area contributed by atoms with E-state index in [-0.39, 0.29) is 85.3 Å².